The summed E-state index contributed by atoms with van der Waals surface area (Å²) in [6.07, 6.45) is -0.955. The minimum atomic E-state index is -1.61. The Labute approximate surface area is 83.0 Å². The van der Waals surface area contributed by atoms with E-state index in [4.69, 9.17) is 4.74 Å². The molecule has 0 spiro atoms. The molecular formula is C9H15O5-. The van der Waals surface area contributed by atoms with Gasteiger partial charge in [0.05, 0.1) is 12.0 Å². The van der Waals surface area contributed by atoms with Gasteiger partial charge < -0.3 is 19.4 Å². The lowest BCUT2D eigenvalue weighted by Gasteiger charge is -2.20. The average Bonchev–Trinajstić information content (AvgIpc) is 2.11. The summed E-state index contributed by atoms with van der Waals surface area (Å²) in [5.74, 6) is -0.359. The maximum Gasteiger partial charge on any atom is 0.311 e. The molecule has 0 radical (unpaired) electrons. The van der Waals surface area contributed by atoms with Crippen LogP contribution in [0.4, 0.5) is 4.79 Å². The molecule has 0 aliphatic rings. The number of rotatable bonds is 5. The highest BCUT2D eigenvalue weighted by Gasteiger charge is 2.26. The lowest BCUT2D eigenvalue weighted by molar-refractivity contribution is -0.283. The van der Waals surface area contributed by atoms with E-state index in [2.05, 4.69) is 4.74 Å². The molecule has 0 bridgehead atoms. The van der Waals surface area contributed by atoms with E-state index in [9.17, 15) is 14.7 Å². The van der Waals surface area contributed by atoms with Gasteiger partial charge in [0.1, 0.15) is 6.61 Å². The number of carbonyl (C=O) groups is 2. The molecule has 5 nitrogen and oxygen atoms in total. The van der Waals surface area contributed by atoms with Gasteiger partial charge in [-0.25, -0.2) is 0 Å². The van der Waals surface area contributed by atoms with Crippen molar-refractivity contribution in [2.45, 2.75) is 27.2 Å². The zero-order valence-electron chi connectivity index (χ0n) is 8.66. The van der Waals surface area contributed by atoms with Crippen molar-refractivity contribution in [3.05, 3.63) is 0 Å². The van der Waals surface area contributed by atoms with Gasteiger partial charge in [0.15, 0.2) is 0 Å². The quantitative estimate of drug-likeness (QED) is 0.475. The second kappa shape index (κ2) is 5.47. The summed E-state index contributed by atoms with van der Waals surface area (Å²) in [7, 11) is 0. The molecule has 0 N–H and O–H groups in total. The van der Waals surface area contributed by atoms with E-state index in [1.165, 1.54) is 0 Å². The summed E-state index contributed by atoms with van der Waals surface area (Å²) in [5, 5.41) is 9.82. The lowest BCUT2D eigenvalue weighted by Crippen LogP contribution is -2.29. The van der Waals surface area contributed by atoms with E-state index in [1.807, 2.05) is 6.92 Å². The first-order chi connectivity index (χ1) is 6.40. The largest absolute Gasteiger partial charge is 0.546 e. The van der Waals surface area contributed by atoms with E-state index in [-0.39, 0.29) is 19.2 Å². The number of ether oxygens (including phenoxy) is 2. The highest BCUT2D eigenvalue weighted by Crippen LogP contribution is 2.21. The van der Waals surface area contributed by atoms with Crippen molar-refractivity contribution in [2.75, 3.05) is 13.2 Å². The van der Waals surface area contributed by atoms with Crippen molar-refractivity contribution in [2.24, 2.45) is 5.41 Å². The predicted octanol–water partition coefficient (Wildman–Crippen LogP) is 0.326. The topological polar surface area (TPSA) is 75.7 Å². The first kappa shape index (κ1) is 12.7. The van der Waals surface area contributed by atoms with E-state index in [0.717, 1.165) is 0 Å². The van der Waals surface area contributed by atoms with Crippen molar-refractivity contribution < 1.29 is 24.2 Å². The molecule has 82 valence electrons. The van der Waals surface area contributed by atoms with Crippen LogP contribution in [0.25, 0.3) is 0 Å². The first-order valence-corrected chi connectivity index (χ1v) is 4.41. The number of esters is 1. The molecule has 0 saturated carbocycles. The molecule has 0 rings (SSSR count). The van der Waals surface area contributed by atoms with Gasteiger partial charge in [-0.05, 0) is 20.3 Å². The zero-order chi connectivity index (χ0) is 11.2. The third kappa shape index (κ3) is 4.69. The smallest absolute Gasteiger partial charge is 0.311 e. The Bertz CT molecular complexity index is 209. The third-order valence-corrected chi connectivity index (χ3v) is 1.97. The van der Waals surface area contributed by atoms with Gasteiger partial charge in [0.2, 0.25) is 0 Å². The molecule has 0 atom stereocenters. The minimum absolute atomic E-state index is 0.0732. The molecule has 0 aliphatic heterocycles. The van der Waals surface area contributed by atoms with Gasteiger partial charge in [-0.1, -0.05) is 6.92 Å². The summed E-state index contributed by atoms with van der Waals surface area (Å²) >= 11 is 0. The zero-order valence-corrected chi connectivity index (χ0v) is 8.66. The number of hydrogen-bond acceptors (Lipinski definition) is 5. The molecule has 0 unspecified atom stereocenters. The fourth-order valence-corrected chi connectivity index (χ4v) is 0.599. The van der Waals surface area contributed by atoms with Crippen molar-refractivity contribution in [3.8, 4) is 0 Å². The molecule has 5 heteroatoms. The molecule has 14 heavy (non-hydrogen) atoms. The standard InChI is InChI=1S/C9H16O5/c1-4-9(2,3)7(10)13-5-6-14-8(11)12/h4-6H2,1-3H3,(H,11,12)/p-1. The Kier molecular flexibility index (Phi) is 4.97. The SMILES string of the molecule is CCC(C)(C)C(=O)OCCOC(=O)[O-]. The van der Waals surface area contributed by atoms with Gasteiger partial charge in [0.25, 0.3) is 6.16 Å². The molecule has 0 aromatic carbocycles. The molecule has 0 amide bonds. The second-order valence-electron chi connectivity index (χ2n) is 3.47. The van der Waals surface area contributed by atoms with E-state index in [1.54, 1.807) is 13.8 Å². The van der Waals surface area contributed by atoms with Gasteiger partial charge in [-0.2, -0.15) is 0 Å². The Morgan fingerprint density at radius 3 is 2.14 bits per heavy atom. The molecule has 0 aromatic heterocycles. The van der Waals surface area contributed by atoms with Crippen LogP contribution in [0.5, 0.6) is 0 Å². The normalized spacial score (nSPS) is 10.8. The van der Waals surface area contributed by atoms with Crippen LogP contribution in [-0.2, 0) is 14.3 Å². The molecule has 0 heterocycles. The summed E-state index contributed by atoms with van der Waals surface area (Å²) in [6.45, 7) is 5.13. The van der Waals surface area contributed by atoms with Crippen molar-refractivity contribution in [1.82, 2.24) is 0 Å². The summed E-state index contributed by atoms with van der Waals surface area (Å²) in [6, 6.07) is 0. The molecular weight excluding hydrogens is 188 g/mol. The number of carbonyl (C=O) groups excluding carboxylic acids is 2. The van der Waals surface area contributed by atoms with E-state index < -0.39 is 11.6 Å². The Morgan fingerprint density at radius 2 is 1.71 bits per heavy atom. The maximum absolute atomic E-state index is 11.3. The summed E-state index contributed by atoms with van der Waals surface area (Å²) in [5.41, 5.74) is -0.540. The second-order valence-corrected chi connectivity index (χ2v) is 3.47. The van der Waals surface area contributed by atoms with E-state index >= 15 is 0 Å². The van der Waals surface area contributed by atoms with Crippen LogP contribution in [0.15, 0.2) is 0 Å². The first-order valence-electron chi connectivity index (χ1n) is 4.41. The molecule has 0 saturated heterocycles. The van der Waals surface area contributed by atoms with E-state index in [0.29, 0.717) is 6.42 Å². The van der Waals surface area contributed by atoms with Crippen molar-refractivity contribution in [3.63, 3.8) is 0 Å². The van der Waals surface area contributed by atoms with Gasteiger partial charge in [0, 0.05) is 0 Å². The van der Waals surface area contributed by atoms with Crippen molar-refractivity contribution >= 4 is 12.1 Å². The number of carboxylic acid groups (broad SMARTS) is 1. The van der Waals surface area contributed by atoms with Crippen LogP contribution >= 0.6 is 0 Å². The van der Waals surface area contributed by atoms with Crippen molar-refractivity contribution in [1.29, 1.82) is 0 Å². The summed E-state index contributed by atoms with van der Waals surface area (Å²) in [4.78, 5) is 21.1. The average molecular weight is 203 g/mol. The van der Waals surface area contributed by atoms with Gasteiger partial charge in [-0.15, -0.1) is 0 Å². The van der Waals surface area contributed by atoms with Crippen LogP contribution in [-0.4, -0.2) is 25.3 Å². The van der Waals surface area contributed by atoms with Crippen LogP contribution in [0.3, 0.4) is 0 Å². The van der Waals surface area contributed by atoms with Gasteiger partial charge >= 0.3 is 5.97 Å². The van der Waals surface area contributed by atoms with Gasteiger partial charge in [-0.3, -0.25) is 4.79 Å². The predicted molar refractivity (Wildman–Crippen MR) is 46.4 cm³/mol. The monoisotopic (exact) mass is 203 g/mol. The highest BCUT2D eigenvalue weighted by molar-refractivity contribution is 5.75. The highest BCUT2D eigenvalue weighted by atomic mass is 16.7. The fraction of sp³-hybridized carbons (Fsp3) is 0.778. The Hall–Kier alpha value is -1.26. The maximum atomic E-state index is 11.3. The third-order valence-electron chi connectivity index (χ3n) is 1.97. The molecule has 0 fully saturated rings. The summed E-state index contributed by atoms with van der Waals surface area (Å²) < 4.78 is 8.86. The number of hydrogen-bond donors (Lipinski definition) is 0. The fourth-order valence-electron chi connectivity index (χ4n) is 0.599. The Balaban J connectivity index is 3.70. The van der Waals surface area contributed by atoms with Crippen LogP contribution in [0, 0.1) is 5.41 Å². The van der Waals surface area contributed by atoms with Crippen LogP contribution in [0.2, 0.25) is 0 Å². The van der Waals surface area contributed by atoms with Crippen LogP contribution in [0.1, 0.15) is 27.2 Å². The molecule has 0 aliphatic carbocycles. The lowest BCUT2D eigenvalue weighted by atomic mass is 9.91. The Morgan fingerprint density at radius 1 is 1.21 bits per heavy atom. The van der Waals surface area contributed by atoms with Crippen LogP contribution < -0.4 is 5.11 Å². The minimum Gasteiger partial charge on any atom is -0.546 e. The molecule has 0 aromatic rings.